The molecule has 0 N–H and O–H groups in total. The van der Waals surface area contributed by atoms with Crippen LogP contribution >= 0.6 is 0 Å². The summed E-state index contributed by atoms with van der Waals surface area (Å²) in [4.78, 5) is 0. The topological polar surface area (TPSA) is 48.7 Å². The molecule has 5 aromatic carbocycles. The van der Waals surface area contributed by atoms with Crippen molar-refractivity contribution in [3.05, 3.63) is 171 Å². The van der Waals surface area contributed by atoms with E-state index in [9.17, 15) is 0 Å². The van der Waals surface area contributed by atoms with E-state index in [-0.39, 0.29) is 12.0 Å². The number of benzene rings is 5. The lowest BCUT2D eigenvalue weighted by molar-refractivity contribution is 0.285. The molecule has 0 saturated heterocycles. The zero-order chi connectivity index (χ0) is 33.9. The quantitative estimate of drug-likeness (QED) is 0.187. The van der Waals surface area contributed by atoms with Gasteiger partial charge < -0.3 is 18.0 Å². The van der Waals surface area contributed by atoms with Crippen molar-refractivity contribution in [2.45, 2.75) is 36.7 Å². The third-order valence-electron chi connectivity index (χ3n) is 11.8. The van der Waals surface area contributed by atoms with Gasteiger partial charge >= 0.3 is 0 Å². The van der Waals surface area contributed by atoms with Crippen LogP contribution in [0.5, 0.6) is 5.75 Å². The predicted octanol–water partition coefficient (Wildman–Crippen LogP) is 10.4. The summed E-state index contributed by atoms with van der Waals surface area (Å²) in [5, 5.41) is 4.60. The molecule has 0 bridgehead atoms. The normalized spacial score (nSPS) is 20.8. The first kappa shape index (κ1) is 28.4. The van der Waals surface area contributed by atoms with Gasteiger partial charge in [-0.1, -0.05) is 91.0 Å². The maximum Gasteiger partial charge on any atom is 0.139 e. The molecule has 4 atom stereocenters. The van der Waals surface area contributed by atoms with Gasteiger partial charge in [-0.05, 0) is 77.6 Å². The molecular formula is C48H32O4. The summed E-state index contributed by atoms with van der Waals surface area (Å²) in [6.07, 6.45) is 15.2. The van der Waals surface area contributed by atoms with Crippen LogP contribution in [0.15, 0.2) is 135 Å². The summed E-state index contributed by atoms with van der Waals surface area (Å²) in [6, 6.07) is 39.0. The van der Waals surface area contributed by atoms with E-state index in [0.717, 1.165) is 79.6 Å². The summed E-state index contributed by atoms with van der Waals surface area (Å²) in [6.45, 7) is 0. The smallest absolute Gasteiger partial charge is 0.139 e. The molecule has 4 heteroatoms. The van der Waals surface area contributed by atoms with Gasteiger partial charge in [-0.15, -0.1) is 0 Å². The second kappa shape index (κ2) is 10.6. The van der Waals surface area contributed by atoms with Crippen molar-refractivity contribution in [1.82, 2.24) is 0 Å². The molecule has 3 aromatic heterocycles. The van der Waals surface area contributed by atoms with E-state index >= 15 is 0 Å². The van der Waals surface area contributed by atoms with Gasteiger partial charge in [0.15, 0.2) is 0 Å². The highest BCUT2D eigenvalue weighted by Gasteiger charge is 2.35. The summed E-state index contributed by atoms with van der Waals surface area (Å²) < 4.78 is 25.7. The standard InChI is InChI=1S/C48H32O4/c1-3-7-27(8-4-1)29-11-15-41-33(19-29)37-23-39-35-21-31(13-17-43(35)51-47(39)25-45(37)49-41)32-14-18-44-36(22-32)40-24-38-34-20-30(28-9-5-2-6-10-28)12-16-42(34)50-46(38)26-48(40)52-44/h1-18,21-26,29-30,39,47H,19-20H2. The highest BCUT2D eigenvalue weighted by atomic mass is 16.5. The second-order valence-electron chi connectivity index (χ2n) is 14.7. The Kier molecular flexibility index (Phi) is 5.81. The fraction of sp³-hybridized carbons (Fsp3) is 0.125. The Balaban J connectivity index is 0.913. The van der Waals surface area contributed by atoms with Crippen LogP contribution in [0.4, 0.5) is 0 Å². The fourth-order valence-corrected chi connectivity index (χ4v) is 9.12. The summed E-state index contributed by atoms with van der Waals surface area (Å²) in [5.41, 5.74) is 12.3. The van der Waals surface area contributed by atoms with E-state index in [1.165, 1.54) is 33.0 Å². The van der Waals surface area contributed by atoms with E-state index < -0.39 is 0 Å². The molecule has 52 heavy (non-hydrogen) atoms. The molecule has 12 rings (SSSR count). The Hall–Kier alpha value is -6.26. The number of rotatable bonds is 3. The lowest BCUT2D eigenvalue weighted by atomic mass is 9.85. The van der Waals surface area contributed by atoms with Gasteiger partial charge in [-0.25, -0.2) is 0 Å². The molecule has 0 radical (unpaired) electrons. The first-order chi connectivity index (χ1) is 25.7. The SMILES string of the molecule is C1=CC(c2ccccc2)Cc2c1oc1c2=CC2c3cc(-c4ccc5oc6cc7oc8c(c7cc6c5c4)CC(c4ccccc4)C=C8)ccc3OC2C=1. The number of allylic oxidation sites excluding steroid dienone is 2. The van der Waals surface area contributed by atoms with Crippen LogP contribution in [0.25, 0.3) is 68.3 Å². The number of hydrogen-bond donors (Lipinski definition) is 0. The van der Waals surface area contributed by atoms with Crippen molar-refractivity contribution in [1.29, 1.82) is 0 Å². The Morgan fingerprint density at radius 1 is 0.519 bits per heavy atom. The van der Waals surface area contributed by atoms with Gasteiger partial charge in [0, 0.05) is 68.0 Å². The molecule has 8 aromatic rings. The molecule has 0 fully saturated rings. The first-order valence-electron chi connectivity index (χ1n) is 18.2. The van der Waals surface area contributed by atoms with E-state index in [1.54, 1.807) is 0 Å². The Bertz CT molecular complexity index is 2950. The number of ether oxygens (including phenoxy) is 1. The predicted molar refractivity (Wildman–Crippen MR) is 207 cm³/mol. The minimum Gasteiger partial charge on any atom is -0.485 e. The molecule has 4 heterocycles. The third-order valence-corrected chi connectivity index (χ3v) is 11.8. The average Bonchev–Trinajstić information content (AvgIpc) is 3.95. The monoisotopic (exact) mass is 672 g/mol. The molecule has 0 saturated carbocycles. The van der Waals surface area contributed by atoms with Crippen LogP contribution in [0.2, 0.25) is 0 Å². The molecular weight excluding hydrogens is 641 g/mol. The van der Waals surface area contributed by atoms with E-state index in [4.69, 9.17) is 18.0 Å². The van der Waals surface area contributed by atoms with Crippen molar-refractivity contribution in [2.24, 2.45) is 0 Å². The lowest BCUT2D eigenvalue weighted by Gasteiger charge is -2.17. The summed E-state index contributed by atoms with van der Waals surface area (Å²) in [5.74, 6) is 3.65. The molecule has 248 valence electrons. The van der Waals surface area contributed by atoms with Crippen LogP contribution in [0, 0.1) is 0 Å². The minimum absolute atomic E-state index is 0.0841. The van der Waals surface area contributed by atoms with Crippen LogP contribution in [-0.4, -0.2) is 6.10 Å². The number of fused-ring (bicyclic) bond motifs is 12. The second-order valence-corrected chi connectivity index (χ2v) is 14.7. The molecule has 4 unspecified atom stereocenters. The van der Waals surface area contributed by atoms with Crippen molar-refractivity contribution in [2.75, 3.05) is 0 Å². The van der Waals surface area contributed by atoms with Gasteiger partial charge in [-0.3, -0.25) is 0 Å². The summed E-state index contributed by atoms with van der Waals surface area (Å²) in [7, 11) is 0. The molecule has 4 nitrogen and oxygen atoms in total. The van der Waals surface area contributed by atoms with E-state index in [0.29, 0.717) is 11.8 Å². The molecule has 4 aliphatic rings. The minimum atomic E-state index is -0.0841. The fourth-order valence-electron chi connectivity index (χ4n) is 9.12. The van der Waals surface area contributed by atoms with Crippen molar-refractivity contribution in [3.63, 3.8) is 0 Å². The third kappa shape index (κ3) is 4.21. The van der Waals surface area contributed by atoms with E-state index in [2.05, 4.69) is 146 Å². The van der Waals surface area contributed by atoms with Crippen LogP contribution in [-0.2, 0) is 12.8 Å². The highest BCUT2D eigenvalue weighted by molar-refractivity contribution is 6.11. The maximum atomic E-state index is 6.52. The zero-order valence-electron chi connectivity index (χ0n) is 28.2. The molecule has 0 spiro atoms. The molecule has 3 aliphatic carbocycles. The molecule has 1 aliphatic heterocycles. The Morgan fingerprint density at radius 3 is 1.98 bits per heavy atom. The molecule has 0 amide bonds. The van der Waals surface area contributed by atoms with Crippen LogP contribution in [0.3, 0.4) is 0 Å². The zero-order valence-corrected chi connectivity index (χ0v) is 28.2. The Morgan fingerprint density at radius 2 is 1.19 bits per heavy atom. The van der Waals surface area contributed by atoms with E-state index in [1.807, 2.05) is 0 Å². The van der Waals surface area contributed by atoms with Gasteiger partial charge in [0.1, 0.15) is 45.5 Å². The highest BCUT2D eigenvalue weighted by Crippen LogP contribution is 2.45. The van der Waals surface area contributed by atoms with Gasteiger partial charge in [0.2, 0.25) is 0 Å². The van der Waals surface area contributed by atoms with Crippen molar-refractivity contribution < 1.29 is 18.0 Å². The van der Waals surface area contributed by atoms with Crippen molar-refractivity contribution >= 4 is 57.2 Å². The maximum absolute atomic E-state index is 6.52. The lowest BCUT2D eigenvalue weighted by Crippen LogP contribution is -2.34. The van der Waals surface area contributed by atoms with Crippen LogP contribution in [0.1, 0.15) is 57.1 Å². The first-order valence-corrected chi connectivity index (χ1v) is 18.2. The average molecular weight is 673 g/mol. The van der Waals surface area contributed by atoms with Gasteiger partial charge in [-0.2, -0.15) is 0 Å². The Labute approximate surface area is 299 Å². The number of hydrogen-bond acceptors (Lipinski definition) is 4. The largest absolute Gasteiger partial charge is 0.485 e. The number of furan rings is 3. The van der Waals surface area contributed by atoms with Crippen LogP contribution < -0.4 is 15.4 Å². The van der Waals surface area contributed by atoms with Gasteiger partial charge in [0.05, 0.1) is 0 Å². The summed E-state index contributed by atoms with van der Waals surface area (Å²) >= 11 is 0. The van der Waals surface area contributed by atoms with Gasteiger partial charge in [0.25, 0.3) is 0 Å². The van der Waals surface area contributed by atoms with Crippen molar-refractivity contribution in [3.8, 4) is 16.9 Å².